The van der Waals surface area contributed by atoms with Crippen LogP contribution >= 0.6 is 0 Å². The molecule has 1 fully saturated rings. The highest BCUT2D eigenvalue weighted by atomic mass is 16.5. The van der Waals surface area contributed by atoms with Gasteiger partial charge in [-0.25, -0.2) is 4.79 Å². The van der Waals surface area contributed by atoms with E-state index in [4.69, 9.17) is 9.84 Å². The van der Waals surface area contributed by atoms with E-state index in [-0.39, 0.29) is 5.56 Å². The van der Waals surface area contributed by atoms with Crippen LogP contribution in [0.15, 0.2) is 18.2 Å². The number of carbonyl (C=O) groups is 1. The number of rotatable bonds is 4. The zero-order valence-corrected chi connectivity index (χ0v) is 13.2. The molecule has 0 radical (unpaired) electrons. The number of likely N-dealkylation sites (tertiary alicyclic amines) is 1. The monoisotopic (exact) mass is 291 g/mol. The Morgan fingerprint density at radius 2 is 2.10 bits per heavy atom. The van der Waals surface area contributed by atoms with Crippen molar-refractivity contribution in [2.24, 2.45) is 5.41 Å². The smallest absolute Gasteiger partial charge is 0.339 e. The quantitative estimate of drug-likeness (QED) is 0.923. The third kappa shape index (κ3) is 4.21. The lowest BCUT2D eigenvalue weighted by Crippen LogP contribution is -2.25. The summed E-state index contributed by atoms with van der Waals surface area (Å²) in [7, 11) is 1.51. The highest BCUT2D eigenvalue weighted by Crippen LogP contribution is 2.30. The van der Waals surface area contributed by atoms with E-state index in [1.807, 2.05) is 12.1 Å². The van der Waals surface area contributed by atoms with Crippen molar-refractivity contribution in [2.45, 2.75) is 39.7 Å². The number of hydrogen-bond donors (Lipinski definition) is 1. The van der Waals surface area contributed by atoms with Gasteiger partial charge in [0.1, 0.15) is 11.3 Å². The van der Waals surface area contributed by atoms with Crippen molar-refractivity contribution >= 4 is 5.97 Å². The summed E-state index contributed by atoms with van der Waals surface area (Å²) in [6.07, 6.45) is 3.69. The summed E-state index contributed by atoms with van der Waals surface area (Å²) in [6.45, 7) is 7.72. The van der Waals surface area contributed by atoms with E-state index in [0.29, 0.717) is 11.2 Å². The Morgan fingerprint density at radius 1 is 1.33 bits per heavy atom. The van der Waals surface area contributed by atoms with E-state index in [1.54, 1.807) is 6.07 Å². The largest absolute Gasteiger partial charge is 0.496 e. The first-order valence-electron chi connectivity index (χ1n) is 7.54. The van der Waals surface area contributed by atoms with Gasteiger partial charge in [-0.3, -0.25) is 4.90 Å². The van der Waals surface area contributed by atoms with E-state index in [2.05, 4.69) is 18.7 Å². The van der Waals surface area contributed by atoms with Crippen molar-refractivity contribution in [2.75, 3.05) is 20.2 Å². The van der Waals surface area contributed by atoms with Gasteiger partial charge in [-0.2, -0.15) is 0 Å². The van der Waals surface area contributed by atoms with Gasteiger partial charge >= 0.3 is 5.97 Å². The normalized spacial score (nSPS) is 19.0. The van der Waals surface area contributed by atoms with E-state index < -0.39 is 5.97 Å². The SMILES string of the molecule is COc1cc(CN2CCCC(C)(C)CC2)ccc1C(=O)O. The average molecular weight is 291 g/mol. The molecule has 0 aliphatic carbocycles. The highest BCUT2D eigenvalue weighted by Gasteiger charge is 2.23. The lowest BCUT2D eigenvalue weighted by molar-refractivity contribution is 0.0693. The van der Waals surface area contributed by atoms with Crippen LogP contribution in [0.2, 0.25) is 0 Å². The molecular weight excluding hydrogens is 266 g/mol. The van der Waals surface area contributed by atoms with Gasteiger partial charge < -0.3 is 9.84 Å². The molecule has 0 saturated carbocycles. The van der Waals surface area contributed by atoms with Crippen molar-refractivity contribution < 1.29 is 14.6 Å². The van der Waals surface area contributed by atoms with Gasteiger partial charge in [0, 0.05) is 6.54 Å². The van der Waals surface area contributed by atoms with E-state index in [0.717, 1.165) is 25.2 Å². The standard InChI is InChI=1S/C17H25NO3/c1-17(2)7-4-9-18(10-8-17)12-13-5-6-14(16(19)20)15(11-13)21-3/h5-6,11H,4,7-10,12H2,1-3H3,(H,19,20). The fourth-order valence-electron chi connectivity index (χ4n) is 2.91. The zero-order chi connectivity index (χ0) is 15.5. The second-order valence-corrected chi connectivity index (χ2v) is 6.63. The second kappa shape index (κ2) is 6.48. The van der Waals surface area contributed by atoms with Crippen LogP contribution in [0.25, 0.3) is 0 Å². The maximum Gasteiger partial charge on any atom is 0.339 e. The van der Waals surface area contributed by atoms with E-state index in [1.165, 1.54) is 26.4 Å². The number of carboxylic acids is 1. The van der Waals surface area contributed by atoms with Crippen molar-refractivity contribution in [1.82, 2.24) is 4.90 Å². The predicted octanol–water partition coefficient (Wildman–Crippen LogP) is 3.41. The van der Waals surface area contributed by atoms with Crippen LogP contribution in [0.1, 0.15) is 49.0 Å². The molecule has 116 valence electrons. The van der Waals surface area contributed by atoms with Crippen LogP contribution < -0.4 is 4.74 Å². The minimum absolute atomic E-state index is 0.221. The molecule has 0 bridgehead atoms. The fraction of sp³-hybridized carbons (Fsp3) is 0.588. The highest BCUT2D eigenvalue weighted by molar-refractivity contribution is 5.90. The lowest BCUT2D eigenvalue weighted by atomic mass is 9.85. The molecule has 0 unspecified atom stereocenters. The molecule has 0 amide bonds. The number of hydrogen-bond acceptors (Lipinski definition) is 3. The first-order valence-corrected chi connectivity index (χ1v) is 7.54. The molecule has 1 aromatic rings. The maximum absolute atomic E-state index is 11.1. The summed E-state index contributed by atoms with van der Waals surface area (Å²) in [5, 5.41) is 9.11. The lowest BCUT2D eigenvalue weighted by Gasteiger charge is -2.23. The third-order valence-electron chi connectivity index (χ3n) is 4.34. The third-order valence-corrected chi connectivity index (χ3v) is 4.34. The fourth-order valence-corrected chi connectivity index (χ4v) is 2.91. The molecule has 0 spiro atoms. The van der Waals surface area contributed by atoms with E-state index >= 15 is 0 Å². The first-order chi connectivity index (χ1) is 9.91. The Bertz CT molecular complexity index is 511. The summed E-state index contributed by atoms with van der Waals surface area (Å²) in [6, 6.07) is 5.37. The predicted molar refractivity (Wildman–Crippen MR) is 82.9 cm³/mol. The Labute approximate surface area is 126 Å². The molecule has 1 aromatic carbocycles. The summed E-state index contributed by atoms with van der Waals surface area (Å²) < 4.78 is 5.19. The summed E-state index contributed by atoms with van der Waals surface area (Å²) in [5.74, 6) is -0.509. The van der Waals surface area contributed by atoms with Crippen LogP contribution in [0.3, 0.4) is 0 Å². The van der Waals surface area contributed by atoms with Crippen molar-refractivity contribution in [3.63, 3.8) is 0 Å². The minimum Gasteiger partial charge on any atom is -0.496 e. The Morgan fingerprint density at radius 3 is 2.76 bits per heavy atom. The Hall–Kier alpha value is -1.55. The molecule has 1 heterocycles. The number of aromatic carboxylic acids is 1. The Balaban J connectivity index is 2.07. The Kier molecular flexibility index (Phi) is 4.88. The topological polar surface area (TPSA) is 49.8 Å². The van der Waals surface area contributed by atoms with Gasteiger partial charge in [0.2, 0.25) is 0 Å². The number of nitrogens with zero attached hydrogens (tertiary/aromatic N) is 1. The first kappa shape index (κ1) is 15.8. The number of methoxy groups -OCH3 is 1. The molecule has 1 saturated heterocycles. The second-order valence-electron chi connectivity index (χ2n) is 6.63. The molecule has 2 rings (SSSR count). The molecule has 1 aliphatic heterocycles. The molecular formula is C17H25NO3. The van der Waals surface area contributed by atoms with Crippen LogP contribution in [-0.2, 0) is 6.54 Å². The van der Waals surface area contributed by atoms with Crippen molar-refractivity contribution in [3.8, 4) is 5.75 Å². The summed E-state index contributed by atoms with van der Waals surface area (Å²) in [5.41, 5.74) is 1.76. The van der Waals surface area contributed by atoms with Gasteiger partial charge in [-0.1, -0.05) is 19.9 Å². The van der Waals surface area contributed by atoms with Gasteiger partial charge in [-0.15, -0.1) is 0 Å². The zero-order valence-electron chi connectivity index (χ0n) is 13.2. The molecule has 4 heteroatoms. The van der Waals surface area contributed by atoms with Crippen molar-refractivity contribution in [3.05, 3.63) is 29.3 Å². The van der Waals surface area contributed by atoms with Crippen LogP contribution in [0.5, 0.6) is 5.75 Å². The molecule has 21 heavy (non-hydrogen) atoms. The van der Waals surface area contributed by atoms with E-state index in [9.17, 15) is 4.79 Å². The number of ether oxygens (including phenoxy) is 1. The summed E-state index contributed by atoms with van der Waals surface area (Å²) in [4.78, 5) is 13.6. The molecule has 0 aromatic heterocycles. The number of carboxylic acid groups (broad SMARTS) is 1. The molecule has 4 nitrogen and oxygen atoms in total. The van der Waals surface area contributed by atoms with Gasteiger partial charge in [0.15, 0.2) is 0 Å². The minimum atomic E-state index is -0.949. The average Bonchev–Trinajstić information content (AvgIpc) is 2.60. The van der Waals surface area contributed by atoms with Crippen LogP contribution in [-0.4, -0.2) is 36.2 Å². The molecule has 0 atom stereocenters. The molecule has 1 N–H and O–H groups in total. The van der Waals surface area contributed by atoms with Gasteiger partial charge in [-0.05, 0) is 55.5 Å². The van der Waals surface area contributed by atoms with Gasteiger partial charge in [0.05, 0.1) is 7.11 Å². The van der Waals surface area contributed by atoms with Crippen LogP contribution in [0, 0.1) is 5.41 Å². The van der Waals surface area contributed by atoms with Crippen molar-refractivity contribution in [1.29, 1.82) is 0 Å². The molecule has 1 aliphatic rings. The summed E-state index contributed by atoms with van der Waals surface area (Å²) >= 11 is 0. The van der Waals surface area contributed by atoms with Crippen LogP contribution in [0.4, 0.5) is 0 Å². The van der Waals surface area contributed by atoms with Gasteiger partial charge in [0.25, 0.3) is 0 Å². The maximum atomic E-state index is 11.1. The number of benzene rings is 1.